The largest absolute Gasteiger partial charge is 0.396 e. The van der Waals surface area contributed by atoms with Crippen LogP contribution in [0.4, 0.5) is 4.79 Å². The minimum atomic E-state index is -0.460. The lowest BCUT2D eigenvalue weighted by Crippen LogP contribution is -2.52. The molecule has 0 unspecified atom stereocenters. The second-order valence-electron chi connectivity index (χ2n) is 6.38. The summed E-state index contributed by atoms with van der Waals surface area (Å²) in [5.74, 6) is -0.295. The molecule has 20 heavy (non-hydrogen) atoms. The van der Waals surface area contributed by atoms with E-state index in [2.05, 4.69) is 15.5 Å². The van der Waals surface area contributed by atoms with Gasteiger partial charge in [0, 0.05) is 24.7 Å². The average molecular weight is 285 g/mol. The zero-order chi connectivity index (χ0) is 15.2. The molecular formula is C14H27N3O3. The summed E-state index contributed by atoms with van der Waals surface area (Å²) in [6.45, 7) is 6.60. The normalized spacial score (nSPS) is 15.8. The number of imide groups is 1. The zero-order valence-electron chi connectivity index (χ0n) is 12.7. The van der Waals surface area contributed by atoms with Crippen LogP contribution in [0.25, 0.3) is 0 Å². The fraction of sp³-hybridized carbons (Fsp3) is 0.857. The second kappa shape index (κ2) is 7.59. The van der Waals surface area contributed by atoms with E-state index in [1.54, 1.807) is 0 Å². The predicted molar refractivity (Wildman–Crippen MR) is 77.3 cm³/mol. The highest BCUT2D eigenvalue weighted by molar-refractivity contribution is 5.95. The van der Waals surface area contributed by atoms with E-state index in [9.17, 15) is 9.59 Å². The van der Waals surface area contributed by atoms with Gasteiger partial charge in [-0.25, -0.2) is 4.79 Å². The fourth-order valence-corrected chi connectivity index (χ4v) is 2.14. The first-order valence-corrected chi connectivity index (χ1v) is 7.29. The first kappa shape index (κ1) is 16.9. The quantitative estimate of drug-likeness (QED) is 0.675. The van der Waals surface area contributed by atoms with Gasteiger partial charge in [0.05, 0.1) is 6.54 Å². The van der Waals surface area contributed by atoms with Crippen LogP contribution >= 0.6 is 0 Å². The maximum absolute atomic E-state index is 11.9. The summed E-state index contributed by atoms with van der Waals surface area (Å²) in [4.78, 5) is 25.6. The SMILES string of the molecule is CC(C)(C)NC(=O)NC(=O)CN(CCCO)C1CCC1. The highest BCUT2D eigenvalue weighted by Gasteiger charge is 2.26. The van der Waals surface area contributed by atoms with Crippen molar-refractivity contribution in [2.45, 2.75) is 58.0 Å². The van der Waals surface area contributed by atoms with Crippen LogP contribution in [0.2, 0.25) is 0 Å². The molecule has 1 aliphatic rings. The van der Waals surface area contributed by atoms with Gasteiger partial charge in [0.15, 0.2) is 0 Å². The second-order valence-corrected chi connectivity index (χ2v) is 6.38. The molecule has 0 aromatic heterocycles. The topological polar surface area (TPSA) is 81.7 Å². The number of hydrogen-bond donors (Lipinski definition) is 3. The number of hydrogen-bond acceptors (Lipinski definition) is 4. The van der Waals surface area contributed by atoms with Crippen LogP contribution in [0.15, 0.2) is 0 Å². The third-order valence-electron chi connectivity index (χ3n) is 3.28. The minimum absolute atomic E-state index is 0.120. The first-order chi connectivity index (χ1) is 9.31. The van der Waals surface area contributed by atoms with Gasteiger partial charge in [-0.05, 0) is 40.0 Å². The van der Waals surface area contributed by atoms with E-state index in [0.717, 1.165) is 12.8 Å². The molecule has 6 heteroatoms. The molecule has 0 radical (unpaired) electrons. The van der Waals surface area contributed by atoms with Gasteiger partial charge in [-0.3, -0.25) is 15.0 Å². The lowest BCUT2D eigenvalue weighted by molar-refractivity contribution is -0.122. The predicted octanol–water partition coefficient (Wildman–Crippen LogP) is 0.848. The van der Waals surface area contributed by atoms with Gasteiger partial charge in [-0.15, -0.1) is 0 Å². The number of urea groups is 1. The van der Waals surface area contributed by atoms with E-state index >= 15 is 0 Å². The summed E-state index contributed by atoms with van der Waals surface area (Å²) >= 11 is 0. The molecule has 0 bridgehead atoms. The summed E-state index contributed by atoms with van der Waals surface area (Å²) in [6, 6.07) is -0.0452. The molecule has 1 fully saturated rings. The zero-order valence-corrected chi connectivity index (χ0v) is 12.7. The van der Waals surface area contributed by atoms with Crippen LogP contribution in [0.5, 0.6) is 0 Å². The van der Waals surface area contributed by atoms with Crippen molar-refractivity contribution in [3.8, 4) is 0 Å². The standard InChI is InChI=1S/C14H27N3O3/c1-14(2,3)16-13(20)15-12(19)10-17(8-5-9-18)11-6-4-7-11/h11,18H,4-10H2,1-3H3,(H2,15,16,19,20). The Hall–Kier alpha value is -1.14. The Morgan fingerprint density at radius 1 is 1.30 bits per heavy atom. The highest BCUT2D eigenvalue weighted by Crippen LogP contribution is 2.24. The maximum Gasteiger partial charge on any atom is 0.321 e. The third kappa shape index (κ3) is 6.34. The summed E-state index contributed by atoms with van der Waals surface area (Å²) in [6.07, 6.45) is 4.02. The van der Waals surface area contributed by atoms with Crippen LogP contribution in [0.1, 0.15) is 46.5 Å². The van der Waals surface area contributed by atoms with Crippen molar-refractivity contribution in [2.24, 2.45) is 0 Å². The van der Waals surface area contributed by atoms with Crippen molar-refractivity contribution in [3.63, 3.8) is 0 Å². The molecule has 0 spiro atoms. The molecule has 3 N–H and O–H groups in total. The monoisotopic (exact) mass is 285 g/mol. The molecule has 0 aromatic carbocycles. The van der Waals surface area contributed by atoms with Crippen molar-refractivity contribution < 1.29 is 14.7 Å². The number of amides is 3. The smallest absolute Gasteiger partial charge is 0.321 e. The summed E-state index contributed by atoms with van der Waals surface area (Å²) in [5, 5.41) is 14.0. The number of carbonyl (C=O) groups is 2. The average Bonchev–Trinajstić information content (AvgIpc) is 2.19. The highest BCUT2D eigenvalue weighted by atomic mass is 16.3. The van der Waals surface area contributed by atoms with Crippen molar-refractivity contribution >= 4 is 11.9 Å². The van der Waals surface area contributed by atoms with Gasteiger partial charge < -0.3 is 10.4 Å². The number of rotatable bonds is 6. The molecular weight excluding hydrogens is 258 g/mol. The number of carbonyl (C=O) groups excluding carboxylic acids is 2. The number of aliphatic hydroxyl groups excluding tert-OH is 1. The summed E-state index contributed by atoms with van der Waals surface area (Å²) in [7, 11) is 0. The van der Waals surface area contributed by atoms with Gasteiger partial charge in [0.1, 0.15) is 0 Å². The molecule has 1 aliphatic carbocycles. The fourth-order valence-electron chi connectivity index (χ4n) is 2.14. The Morgan fingerprint density at radius 3 is 2.40 bits per heavy atom. The lowest BCUT2D eigenvalue weighted by Gasteiger charge is -2.37. The Labute approximate surface area is 120 Å². The third-order valence-corrected chi connectivity index (χ3v) is 3.28. The van der Waals surface area contributed by atoms with Crippen LogP contribution < -0.4 is 10.6 Å². The van der Waals surface area contributed by atoms with Crippen molar-refractivity contribution in [1.29, 1.82) is 0 Å². The molecule has 116 valence electrons. The Morgan fingerprint density at radius 2 is 1.95 bits per heavy atom. The van der Waals surface area contributed by atoms with Crippen LogP contribution in [-0.4, -0.2) is 53.2 Å². The Kier molecular flexibility index (Phi) is 6.42. The Balaban J connectivity index is 2.38. The van der Waals surface area contributed by atoms with E-state index in [4.69, 9.17) is 5.11 Å². The van der Waals surface area contributed by atoms with E-state index in [1.165, 1.54) is 6.42 Å². The molecule has 0 heterocycles. The Bertz CT molecular complexity index is 335. The summed E-state index contributed by atoms with van der Waals surface area (Å²) < 4.78 is 0. The first-order valence-electron chi connectivity index (χ1n) is 7.29. The molecule has 0 saturated heterocycles. The summed E-state index contributed by atoms with van der Waals surface area (Å²) in [5.41, 5.74) is -0.366. The molecule has 3 amide bonds. The van der Waals surface area contributed by atoms with Gasteiger partial charge in [0.25, 0.3) is 0 Å². The van der Waals surface area contributed by atoms with Crippen LogP contribution in [-0.2, 0) is 4.79 Å². The number of nitrogens with zero attached hydrogens (tertiary/aromatic N) is 1. The van der Waals surface area contributed by atoms with Crippen molar-refractivity contribution in [2.75, 3.05) is 19.7 Å². The van der Waals surface area contributed by atoms with E-state index < -0.39 is 6.03 Å². The molecule has 0 atom stereocenters. The van der Waals surface area contributed by atoms with Crippen LogP contribution in [0.3, 0.4) is 0 Å². The van der Waals surface area contributed by atoms with Crippen molar-refractivity contribution in [3.05, 3.63) is 0 Å². The van der Waals surface area contributed by atoms with Crippen LogP contribution in [0, 0.1) is 0 Å². The van der Waals surface area contributed by atoms with E-state index in [1.807, 2.05) is 20.8 Å². The van der Waals surface area contributed by atoms with Crippen molar-refractivity contribution in [1.82, 2.24) is 15.5 Å². The number of aliphatic hydroxyl groups is 1. The lowest BCUT2D eigenvalue weighted by atomic mass is 9.91. The number of nitrogens with one attached hydrogen (secondary N) is 2. The molecule has 6 nitrogen and oxygen atoms in total. The minimum Gasteiger partial charge on any atom is -0.396 e. The van der Waals surface area contributed by atoms with Gasteiger partial charge in [-0.1, -0.05) is 6.42 Å². The van der Waals surface area contributed by atoms with Gasteiger partial charge >= 0.3 is 6.03 Å². The van der Waals surface area contributed by atoms with Gasteiger partial charge in [0.2, 0.25) is 5.91 Å². The maximum atomic E-state index is 11.9. The van der Waals surface area contributed by atoms with Gasteiger partial charge in [-0.2, -0.15) is 0 Å². The van der Waals surface area contributed by atoms with E-state index in [-0.39, 0.29) is 24.6 Å². The molecule has 0 aliphatic heterocycles. The molecule has 1 rings (SSSR count). The van der Waals surface area contributed by atoms with E-state index in [0.29, 0.717) is 19.0 Å². The molecule has 1 saturated carbocycles. The molecule has 0 aromatic rings.